The van der Waals surface area contributed by atoms with Crippen LogP contribution in [0.15, 0.2) is 0 Å². The molecule has 0 spiro atoms. The molecule has 0 atom stereocenters. The van der Waals surface area contributed by atoms with Gasteiger partial charge in [-0.25, -0.2) is 0 Å². The number of hydrogen-bond acceptors (Lipinski definition) is 2. The molecule has 0 bridgehead atoms. The third-order valence-corrected chi connectivity index (χ3v) is 2.17. The van der Waals surface area contributed by atoms with Crippen LogP contribution in [-0.4, -0.2) is 32.5 Å². The maximum absolute atomic E-state index is 11.7. The van der Waals surface area contributed by atoms with Gasteiger partial charge in [0.1, 0.15) is 6.61 Å². The Morgan fingerprint density at radius 2 is 2.00 bits per heavy atom. The Morgan fingerprint density at radius 1 is 1.38 bits per heavy atom. The molecule has 1 N–H and O–H groups in total. The predicted octanol–water partition coefficient (Wildman–Crippen LogP) is 1.56. The van der Waals surface area contributed by atoms with Crippen molar-refractivity contribution >= 4 is 0 Å². The van der Waals surface area contributed by atoms with Crippen LogP contribution < -0.4 is 5.32 Å². The van der Waals surface area contributed by atoms with Gasteiger partial charge in [-0.2, -0.15) is 13.2 Å². The molecule has 78 valence electrons. The van der Waals surface area contributed by atoms with Crippen LogP contribution in [0.2, 0.25) is 0 Å². The van der Waals surface area contributed by atoms with Gasteiger partial charge in [-0.05, 0) is 32.4 Å². The number of halogens is 3. The highest BCUT2D eigenvalue weighted by atomic mass is 19.4. The van der Waals surface area contributed by atoms with Gasteiger partial charge < -0.3 is 10.1 Å². The first-order valence-electron chi connectivity index (χ1n) is 4.34. The molecule has 0 unspecified atom stereocenters. The van der Waals surface area contributed by atoms with E-state index in [1.807, 2.05) is 7.05 Å². The summed E-state index contributed by atoms with van der Waals surface area (Å²) in [5.74, 6) is 0.489. The summed E-state index contributed by atoms with van der Waals surface area (Å²) in [5.41, 5.74) is 0. The first-order valence-corrected chi connectivity index (χ1v) is 4.34. The summed E-state index contributed by atoms with van der Waals surface area (Å²) in [6.45, 7) is -0.240. The molecule has 1 aliphatic rings. The lowest BCUT2D eigenvalue weighted by molar-refractivity contribution is -0.196. The summed E-state index contributed by atoms with van der Waals surface area (Å²) in [6, 6.07) is 0. The summed E-state index contributed by atoms with van der Waals surface area (Å²) in [7, 11) is 1.84. The molecule has 1 rings (SSSR count). The van der Waals surface area contributed by atoms with Gasteiger partial charge in [-0.15, -0.1) is 0 Å². The van der Waals surface area contributed by atoms with Crippen molar-refractivity contribution in [1.82, 2.24) is 5.32 Å². The normalized spacial score (nSPS) is 28.6. The molecule has 1 aliphatic carbocycles. The Balaban J connectivity index is 2.02. The highest BCUT2D eigenvalue weighted by molar-refractivity contribution is 4.81. The maximum Gasteiger partial charge on any atom is 0.411 e. The summed E-state index contributed by atoms with van der Waals surface area (Å²) in [5, 5.41) is 2.98. The number of hydrogen-bond donors (Lipinski definition) is 1. The molecule has 0 heterocycles. The molecule has 5 heteroatoms. The average molecular weight is 197 g/mol. The zero-order chi connectivity index (χ0) is 9.90. The monoisotopic (exact) mass is 197 g/mol. The average Bonchev–Trinajstić information content (AvgIpc) is 1.91. The summed E-state index contributed by atoms with van der Waals surface area (Å²) in [4.78, 5) is 0. The van der Waals surface area contributed by atoms with E-state index in [0.717, 1.165) is 19.4 Å². The quantitative estimate of drug-likeness (QED) is 0.738. The van der Waals surface area contributed by atoms with E-state index in [0.29, 0.717) is 5.92 Å². The van der Waals surface area contributed by atoms with Gasteiger partial charge in [0, 0.05) is 0 Å². The maximum atomic E-state index is 11.7. The summed E-state index contributed by atoms with van der Waals surface area (Å²) in [6.07, 6.45) is -2.87. The van der Waals surface area contributed by atoms with Gasteiger partial charge in [0.15, 0.2) is 0 Å². The van der Waals surface area contributed by atoms with Crippen molar-refractivity contribution in [3.8, 4) is 0 Å². The van der Waals surface area contributed by atoms with Gasteiger partial charge in [-0.3, -0.25) is 0 Å². The predicted molar refractivity (Wildman–Crippen MR) is 42.4 cm³/mol. The number of rotatable bonds is 4. The van der Waals surface area contributed by atoms with Crippen molar-refractivity contribution in [1.29, 1.82) is 0 Å². The standard InChI is InChI=1S/C8H14F3NO/c1-12-4-6-2-7(3-6)13-5-8(9,10)11/h6-7,12H,2-5H2,1H3. The second kappa shape index (κ2) is 4.28. The van der Waals surface area contributed by atoms with Crippen LogP contribution in [0.3, 0.4) is 0 Å². The van der Waals surface area contributed by atoms with Crippen LogP contribution in [0.4, 0.5) is 13.2 Å². The van der Waals surface area contributed by atoms with Gasteiger partial charge in [0.25, 0.3) is 0 Å². The van der Waals surface area contributed by atoms with Gasteiger partial charge in [-0.1, -0.05) is 0 Å². The fraction of sp³-hybridized carbons (Fsp3) is 1.00. The van der Waals surface area contributed by atoms with E-state index in [9.17, 15) is 13.2 Å². The highest BCUT2D eigenvalue weighted by Crippen LogP contribution is 2.30. The van der Waals surface area contributed by atoms with E-state index < -0.39 is 12.8 Å². The van der Waals surface area contributed by atoms with Crippen LogP contribution in [0, 0.1) is 5.92 Å². The smallest absolute Gasteiger partial charge is 0.369 e. The Kier molecular flexibility index (Phi) is 3.55. The van der Waals surface area contributed by atoms with Gasteiger partial charge >= 0.3 is 6.18 Å². The lowest BCUT2D eigenvalue weighted by Gasteiger charge is -2.35. The summed E-state index contributed by atoms with van der Waals surface area (Å²) >= 11 is 0. The Morgan fingerprint density at radius 3 is 2.46 bits per heavy atom. The molecule has 0 radical (unpaired) electrons. The molecule has 2 nitrogen and oxygen atoms in total. The van der Waals surface area contributed by atoms with Gasteiger partial charge in [0.05, 0.1) is 6.10 Å². The lowest BCUT2D eigenvalue weighted by atomic mass is 9.82. The Labute approximate surface area is 75.4 Å². The largest absolute Gasteiger partial charge is 0.411 e. The molecule has 13 heavy (non-hydrogen) atoms. The molecule has 0 saturated heterocycles. The van der Waals surface area contributed by atoms with E-state index in [1.54, 1.807) is 0 Å². The third-order valence-electron chi connectivity index (χ3n) is 2.17. The summed E-state index contributed by atoms with van der Waals surface area (Å²) < 4.78 is 39.7. The van der Waals surface area contributed by atoms with Crippen LogP contribution in [-0.2, 0) is 4.74 Å². The third kappa shape index (κ3) is 3.95. The van der Waals surface area contributed by atoms with Crippen LogP contribution in [0.5, 0.6) is 0 Å². The second-order valence-corrected chi connectivity index (χ2v) is 3.44. The SMILES string of the molecule is CNCC1CC(OCC(F)(F)F)C1. The lowest BCUT2D eigenvalue weighted by Crippen LogP contribution is -2.38. The number of alkyl halides is 3. The van der Waals surface area contributed by atoms with E-state index in [1.165, 1.54) is 0 Å². The van der Waals surface area contributed by atoms with Crippen LogP contribution in [0.1, 0.15) is 12.8 Å². The van der Waals surface area contributed by atoms with E-state index in [4.69, 9.17) is 0 Å². The van der Waals surface area contributed by atoms with Crippen molar-refractivity contribution in [3.63, 3.8) is 0 Å². The molecule has 0 aromatic carbocycles. The topological polar surface area (TPSA) is 21.3 Å². The Hall–Kier alpha value is -0.290. The first kappa shape index (κ1) is 10.8. The molecule has 0 amide bonds. The zero-order valence-corrected chi connectivity index (χ0v) is 7.53. The van der Waals surface area contributed by atoms with Gasteiger partial charge in [0.2, 0.25) is 0 Å². The minimum absolute atomic E-state index is 0.181. The minimum Gasteiger partial charge on any atom is -0.369 e. The van der Waals surface area contributed by atoms with Crippen molar-refractivity contribution in [2.75, 3.05) is 20.2 Å². The number of nitrogens with one attached hydrogen (secondary N) is 1. The van der Waals surface area contributed by atoms with Crippen molar-refractivity contribution < 1.29 is 17.9 Å². The first-order chi connectivity index (χ1) is 6.01. The molecule has 0 aromatic rings. The fourth-order valence-electron chi connectivity index (χ4n) is 1.48. The van der Waals surface area contributed by atoms with Crippen molar-refractivity contribution in [2.45, 2.75) is 25.1 Å². The number of ether oxygens (including phenoxy) is 1. The van der Waals surface area contributed by atoms with Crippen molar-refractivity contribution in [3.05, 3.63) is 0 Å². The second-order valence-electron chi connectivity index (χ2n) is 3.44. The minimum atomic E-state index is -4.19. The highest BCUT2D eigenvalue weighted by Gasteiger charge is 2.34. The van der Waals surface area contributed by atoms with Crippen molar-refractivity contribution in [2.24, 2.45) is 5.92 Å². The van der Waals surface area contributed by atoms with Crippen LogP contribution in [0.25, 0.3) is 0 Å². The molecular weight excluding hydrogens is 183 g/mol. The van der Waals surface area contributed by atoms with E-state index in [2.05, 4.69) is 10.1 Å². The molecule has 0 aliphatic heterocycles. The molecule has 0 aromatic heterocycles. The van der Waals surface area contributed by atoms with E-state index in [-0.39, 0.29) is 6.10 Å². The fourth-order valence-corrected chi connectivity index (χ4v) is 1.48. The Bertz CT molecular complexity index is 154. The molecular formula is C8H14F3NO. The molecule has 1 fully saturated rings. The zero-order valence-electron chi connectivity index (χ0n) is 7.53. The molecule has 1 saturated carbocycles. The van der Waals surface area contributed by atoms with E-state index >= 15 is 0 Å². The van der Waals surface area contributed by atoms with Crippen LogP contribution >= 0.6 is 0 Å².